The molecule has 0 heterocycles. The van der Waals surface area contributed by atoms with Crippen LogP contribution in [0.3, 0.4) is 0 Å². The third-order valence-corrected chi connectivity index (χ3v) is 3.89. The summed E-state index contributed by atoms with van der Waals surface area (Å²) in [5, 5.41) is 16.9. The SMILES string of the molecule is CCCC1CCC1C(=O)O.CCCCCCCC(=O)O. The molecule has 0 bridgehead atoms. The van der Waals surface area contributed by atoms with Crippen LogP contribution in [0.4, 0.5) is 0 Å². The zero-order valence-electron chi connectivity index (χ0n) is 12.9. The summed E-state index contributed by atoms with van der Waals surface area (Å²) in [6.45, 7) is 4.26. The van der Waals surface area contributed by atoms with E-state index in [0.717, 1.165) is 38.5 Å². The predicted octanol–water partition coefficient (Wildman–Crippen LogP) is 4.33. The van der Waals surface area contributed by atoms with E-state index in [2.05, 4.69) is 13.8 Å². The quantitative estimate of drug-likeness (QED) is 0.619. The summed E-state index contributed by atoms with van der Waals surface area (Å²) in [7, 11) is 0. The van der Waals surface area contributed by atoms with Crippen molar-refractivity contribution >= 4 is 11.9 Å². The topological polar surface area (TPSA) is 74.6 Å². The van der Waals surface area contributed by atoms with Crippen LogP contribution in [0.1, 0.15) is 78.1 Å². The van der Waals surface area contributed by atoms with E-state index in [1.165, 1.54) is 19.3 Å². The Morgan fingerprint density at radius 1 is 0.950 bits per heavy atom. The molecule has 0 spiro atoms. The van der Waals surface area contributed by atoms with Gasteiger partial charge in [-0.2, -0.15) is 0 Å². The molecule has 1 aliphatic carbocycles. The van der Waals surface area contributed by atoms with Crippen LogP contribution in [0.25, 0.3) is 0 Å². The number of carbonyl (C=O) groups is 2. The van der Waals surface area contributed by atoms with E-state index < -0.39 is 11.9 Å². The number of hydrogen-bond donors (Lipinski definition) is 2. The number of rotatable bonds is 9. The smallest absolute Gasteiger partial charge is 0.306 e. The van der Waals surface area contributed by atoms with Crippen molar-refractivity contribution in [1.29, 1.82) is 0 Å². The summed E-state index contributed by atoms with van der Waals surface area (Å²) in [6, 6.07) is 0. The second-order valence-electron chi connectivity index (χ2n) is 5.63. The molecule has 20 heavy (non-hydrogen) atoms. The van der Waals surface area contributed by atoms with E-state index in [-0.39, 0.29) is 5.92 Å². The molecule has 0 aromatic heterocycles. The van der Waals surface area contributed by atoms with Gasteiger partial charge in [0.25, 0.3) is 0 Å². The van der Waals surface area contributed by atoms with Crippen LogP contribution < -0.4 is 0 Å². The highest BCUT2D eigenvalue weighted by Crippen LogP contribution is 2.37. The molecule has 1 saturated carbocycles. The number of carboxylic acids is 2. The molecule has 4 heteroatoms. The van der Waals surface area contributed by atoms with Gasteiger partial charge in [-0.3, -0.25) is 9.59 Å². The van der Waals surface area contributed by atoms with Gasteiger partial charge in [-0.15, -0.1) is 0 Å². The molecule has 118 valence electrons. The lowest BCUT2D eigenvalue weighted by Crippen LogP contribution is -2.32. The first kappa shape index (κ1) is 18.9. The molecular weight excluding hydrogens is 256 g/mol. The first-order chi connectivity index (χ1) is 9.52. The highest BCUT2D eigenvalue weighted by Gasteiger charge is 2.35. The fourth-order valence-electron chi connectivity index (χ4n) is 2.49. The molecule has 4 nitrogen and oxygen atoms in total. The molecule has 0 radical (unpaired) electrons. The summed E-state index contributed by atoms with van der Waals surface area (Å²) >= 11 is 0. The summed E-state index contributed by atoms with van der Waals surface area (Å²) in [5.74, 6) is -0.788. The van der Waals surface area contributed by atoms with Crippen LogP contribution in [-0.2, 0) is 9.59 Å². The third-order valence-electron chi connectivity index (χ3n) is 3.89. The molecule has 2 atom stereocenters. The van der Waals surface area contributed by atoms with Gasteiger partial charge in [-0.25, -0.2) is 0 Å². The Morgan fingerprint density at radius 3 is 2.00 bits per heavy atom. The fraction of sp³-hybridized carbons (Fsp3) is 0.875. The van der Waals surface area contributed by atoms with Crippen molar-refractivity contribution in [3.8, 4) is 0 Å². The standard InChI is InChI=1S/C8H14O2.C8H16O2/c1-2-3-6-4-5-7(6)8(9)10;1-2-3-4-5-6-7-8(9)10/h6-7H,2-5H2,1H3,(H,9,10);2-7H2,1H3,(H,9,10). The summed E-state index contributed by atoms with van der Waals surface area (Å²) < 4.78 is 0. The molecule has 0 amide bonds. The van der Waals surface area contributed by atoms with E-state index >= 15 is 0 Å². The molecular formula is C16H30O4. The third kappa shape index (κ3) is 8.94. The Hall–Kier alpha value is -1.06. The molecule has 0 aromatic carbocycles. The maximum atomic E-state index is 10.5. The largest absolute Gasteiger partial charge is 0.481 e. The fourth-order valence-corrected chi connectivity index (χ4v) is 2.49. The summed E-state index contributed by atoms with van der Waals surface area (Å²) in [6.07, 6.45) is 10.1. The maximum absolute atomic E-state index is 10.5. The number of unbranched alkanes of at least 4 members (excludes halogenated alkanes) is 4. The molecule has 1 rings (SSSR count). The van der Waals surface area contributed by atoms with Crippen LogP contribution in [0.5, 0.6) is 0 Å². The van der Waals surface area contributed by atoms with Crippen molar-refractivity contribution in [2.45, 2.75) is 78.1 Å². The molecule has 2 N–H and O–H groups in total. The lowest BCUT2D eigenvalue weighted by molar-refractivity contribution is -0.148. The molecule has 1 aliphatic rings. The van der Waals surface area contributed by atoms with E-state index in [1.54, 1.807) is 0 Å². The second-order valence-corrected chi connectivity index (χ2v) is 5.63. The Morgan fingerprint density at radius 2 is 1.60 bits per heavy atom. The average Bonchev–Trinajstić information content (AvgIpc) is 2.34. The Bertz CT molecular complexity index is 276. The van der Waals surface area contributed by atoms with Gasteiger partial charge in [-0.1, -0.05) is 46.0 Å². The first-order valence-corrected chi connectivity index (χ1v) is 7.97. The number of aliphatic carboxylic acids is 2. The Kier molecular flexibility index (Phi) is 11.1. The zero-order valence-corrected chi connectivity index (χ0v) is 12.9. The van der Waals surface area contributed by atoms with Gasteiger partial charge in [0.1, 0.15) is 0 Å². The van der Waals surface area contributed by atoms with Crippen LogP contribution in [0.15, 0.2) is 0 Å². The Labute approximate surface area is 122 Å². The van der Waals surface area contributed by atoms with Gasteiger partial charge in [0.05, 0.1) is 5.92 Å². The van der Waals surface area contributed by atoms with Crippen molar-refractivity contribution in [3.63, 3.8) is 0 Å². The summed E-state index contributed by atoms with van der Waals surface area (Å²) in [4.78, 5) is 20.5. The zero-order chi connectivity index (χ0) is 15.4. The second kappa shape index (κ2) is 11.7. The minimum absolute atomic E-state index is 0.0139. The molecule has 1 fully saturated rings. The highest BCUT2D eigenvalue weighted by atomic mass is 16.4. The predicted molar refractivity (Wildman–Crippen MR) is 79.8 cm³/mol. The number of carboxylic acid groups (broad SMARTS) is 2. The van der Waals surface area contributed by atoms with Crippen LogP contribution in [0.2, 0.25) is 0 Å². The first-order valence-electron chi connectivity index (χ1n) is 7.97. The van der Waals surface area contributed by atoms with Crippen molar-refractivity contribution in [1.82, 2.24) is 0 Å². The minimum Gasteiger partial charge on any atom is -0.481 e. The van der Waals surface area contributed by atoms with Gasteiger partial charge < -0.3 is 10.2 Å². The molecule has 0 aliphatic heterocycles. The lowest BCUT2D eigenvalue weighted by atomic mass is 9.71. The normalized spacial score (nSPS) is 20.5. The van der Waals surface area contributed by atoms with Crippen LogP contribution in [0, 0.1) is 11.8 Å². The van der Waals surface area contributed by atoms with E-state index in [0.29, 0.717) is 12.3 Å². The van der Waals surface area contributed by atoms with Gasteiger partial charge in [0, 0.05) is 6.42 Å². The van der Waals surface area contributed by atoms with E-state index in [9.17, 15) is 9.59 Å². The average molecular weight is 286 g/mol. The van der Waals surface area contributed by atoms with Crippen LogP contribution >= 0.6 is 0 Å². The van der Waals surface area contributed by atoms with Crippen LogP contribution in [-0.4, -0.2) is 22.2 Å². The van der Waals surface area contributed by atoms with E-state index in [1.807, 2.05) is 0 Å². The number of hydrogen-bond acceptors (Lipinski definition) is 2. The van der Waals surface area contributed by atoms with Gasteiger partial charge >= 0.3 is 11.9 Å². The van der Waals surface area contributed by atoms with Crippen molar-refractivity contribution in [3.05, 3.63) is 0 Å². The van der Waals surface area contributed by atoms with Gasteiger partial charge in [0.2, 0.25) is 0 Å². The monoisotopic (exact) mass is 286 g/mol. The van der Waals surface area contributed by atoms with Crippen molar-refractivity contribution in [2.24, 2.45) is 11.8 Å². The Balaban J connectivity index is 0.000000361. The van der Waals surface area contributed by atoms with Gasteiger partial charge in [0.15, 0.2) is 0 Å². The molecule has 2 unspecified atom stereocenters. The maximum Gasteiger partial charge on any atom is 0.306 e. The van der Waals surface area contributed by atoms with Gasteiger partial charge in [-0.05, 0) is 31.6 Å². The van der Waals surface area contributed by atoms with E-state index in [4.69, 9.17) is 10.2 Å². The molecule has 0 saturated heterocycles. The minimum atomic E-state index is -0.670. The molecule has 0 aromatic rings. The highest BCUT2D eigenvalue weighted by molar-refractivity contribution is 5.71. The van der Waals surface area contributed by atoms with Crippen molar-refractivity contribution in [2.75, 3.05) is 0 Å². The lowest BCUT2D eigenvalue weighted by Gasteiger charge is -2.32. The van der Waals surface area contributed by atoms with Crippen molar-refractivity contribution < 1.29 is 19.8 Å². The summed E-state index contributed by atoms with van der Waals surface area (Å²) in [5.41, 5.74) is 0.